The van der Waals surface area contributed by atoms with Crippen LogP contribution in [0.1, 0.15) is 17.0 Å². The van der Waals surface area contributed by atoms with Gasteiger partial charge in [0.2, 0.25) is 0 Å². The molecule has 1 unspecified atom stereocenters. The van der Waals surface area contributed by atoms with Gasteiger partial charge in [0, 0.05) is 9.50 Å². The number of rotatable bonds is 1. The number of hydroxylamine groups is 1. The third-order valence-corrected chi connectivity index (χ3v) is 4.03. The van der Waals surface area contributed by atoms with Crippen LogP contribution in [0.25, 0.3) is 0 Å². The van der Waals surface area contributed by atoms with Gasteiger partial charge < -0.3 is 0 Å². The summed E-state index contributed by atoms with van der Waals surface area (Å²) in [6, 6.07) is 12.5. The van der Waals surface area contributed by atoms with Gasteiger partial charge in [-0.2, -0.15) is 5.06 Å². The van der Waals surface area contributed by atoms with Gasteiger partial charge in [-0.05, 0) is 29.3 Å². The van der Waals surface area contributed by atoms with Crippen molar-refractivity contribution in [1.82, 2.24) is 0 Å². The molecule has 96 valence electrons. The molecule has 0 aliphatic carbocycles. The molecule has 0 spiro atoms. The lowest BCUT2D eigenvalue weighted by Crippen LogP contribution is -2.25. The summed E-state index contributed by atoms with van der Waals surface area (Å²) in [4.78, 5) is 12.2. The van der Waals surface area contributed by atoms with Crippen LogP contribution in [0.15, 0.2) is 46.9 Å². The zero-order valence-corrected chi connectivity index (χ0v) is 12.0. The van der Waals surface area contributed by atoms with Crippen LogP contribution in [0.5, 0.6) is 0 Å². The Morgan fingerprint density at radius 2 is 1.89 bits per heavy atom. The number of nitrogens with zero attached hydrogens (tertiary/aromatic N) is 1. The molecule has 2 aromatic rings. The monoisotopic (exact) mass is 337 g/mol. The van der Waals surface area contributed by atoms with Gasteiger partial charge in [0.25, 0.3) is 5.91 Å². The summed E-state index contributed by atoms with van der Waals surface area (Å²) in [6.07, 6.45) is 0. The largest absolute Gasteiger partial charge is 0.281 e. The molecule has 3 rings (SSSR count). The second-order valence-corrected chi connectivity index (χ2v) is 5.63. The molecule has 2 aromatic carbocycles. The highest BCUT2D eigenvalue weighted by molar-refractivity contribution is 9.10. The van der Waals surface area contributed by atoms with Crippen molar-refractivity contribution in [3.8, 4) is 0 Å². The SMILES string of the molecule is O=C1C(c2ccc(Br)cc2Cl)c2ccccc2N1O. The zero-order valence-electron chi connectivity index (χ0n) is 9.68. The second-order valence-electron chi connectivity index (χ2n) is 4.31. The first-order chi connectivity index (χ1) is 9.09. The van der Waals surface area contributed by atoms with Crippen molar-refractivity contribution >= 4 is 39.1 Å². The molecule has 1 N–H and O–H groups in total. The second kappa shape index (κ2) is 4.63. The smallest absolute Gasteiger partial charge is 0.262 e. The topological polar surface area (TPSA) is 40.5 Å². The Morgan fingerprint density at radius 3 is 2.63 bits per heavy atom. The van der Waals surface area contributed by atoms with Gasteiger partial charge in [-0.3, -0.25) is 10.0 Å². The van der Waals surface area contributed by atoms with Crippen molar-refractivity contribution in [2.24, 2.45) is 0 Å². The van der Waals surface area contributed by atoms with E-state index in [4.69, 9.17) is 11.6 Å². The summed E-state index contributed by atoms with van der Waals surface area (Å²) in [7, 11) is 0. The molecule has 1 atom stereocenters. The number of carbonyl (C=O) groups excluding carboxylic acids is 1. The highest BCUT2D eigenvalue weighted by Crippen LogP contribution is 2.42. The molecule has 1 aliphatic heterocycles. The zero-order chi connectivity index (χ0) is 13.6. The number of halogens is 2. The van der Waals surface area contributed by atoms with Crippen molar-refractivity contribution < 1.29 is 10.0 Å². The third-order valence-electron chi connectivity index (χ3n) is 3.21. The van der Waals surface area contributed by atoms with Crippen LogP contribution in [0.2, 0.25) is 5.02 Å². The molecule has 1 aliphatic rings. The van der Waals surface area contributed by atoms with E-state index in [0.29, 0.717) is 21.3 Å². The van der Waals surface area contributed by atoms with Crippen molar-refractivity contribution in [2.75, 3.05) is 5.06 Å². The molecule has 3 nitrogen and oxygen atoms in total. The van der Waals surface area contributed by atoms with Gasteiger partial charge >= 0.3 is 0 Å². The normalized spacial score (nSPS) is 17.7. The minimum atomic E-state index is -0.554. The van der Waals surface area contributed by atoms with E-state index >= 15 is 0 Å². The fraction of sp³-hybridized carbons (Fsp3) is 0.0714. The Kier molecular flexibility index (Phi) is 3.09. The summed E-state index contributed by atoms with van der Waals surface area (Å²) in [5.74, 6) is -0.938. The summed E-state index contributed by atoms with van der Waals surface area (Å²) in [5, 5.41) is 11.0. The maximum absolute atomic E-state index is 12.2. The quantitative estimate of drug-likeness (QED) is 0.799. The number of hydrogen-bond acceptors (Lipinski definition) is 2. The van der Waals surface area contributed by atoms with Gasteiger partial charge in [-0.25, -0.2) is 0 Å². The Morgan fingerprint density at radius 1 is 1.16 bits per heavy atom. The number of anilines is 1. The molecule has 1 amide bonds. The predicted octanol–water partition coefficient (Wildman–Crippen LogP) is 3.97. The van der Waals surface area contributed by atoms with Crippen molar-refractivity contribution in [1.29, 1.82) is 0 Å². The summed E-state index contributed by atoms with van der Waals surface area (Å²) in [6.45, 7) is 0. The minimum absolute atomic E-state index is 0.384. The van der Waals surface area contributed by atoms with Gasteiger partial charge in [-0.1, -0.05) is 51.8 Å². The van der Waals surface area contributed by atoms with Crippen LogP contribution >= 0.6 is 27.5 Å². The van der Waals surface area contributed by atoms with Crippen molar-refractivity contribution in [2.45, 2.75) is 5.92 Å². The van der Waals surface area contributed by atoms with E-state index in [1.54, 1.807) is 24.3 Å². The summed E-state index contributed by atoms with van der Waals surface area (Å²) in [5.41, 5.74) is 1.97. The lowest BCUT2D eigenvalue weighted by Gasteiger charge is -2.12. The molecule has 1 heterocycles. The number of fused-ring (bicyclic) bond motifs is 1. The van der Waals surface area contributed by atoms with Gasteiger partial charge in [0.15, 0.2) is 0 Å². The first-order valence-electron chi connectivity index (χ1n) is 5.66. The minimum Gasteiger partial charge on any atom is -0.281 e. The fourth-order valence-corrected chi connectivity index (χ4v) is 3.12. The number of para-hydroxylation sites is 1. The van der Waals surface area contributed by atoms with Crippen LogP contribution in [0, 0.1) is 0 Å². The van der Waals surface area contributed by atoms with E-state index in [2.05, 4.69) is 15.9 Å². The molecule has 0 radical (unpaired) electrons. The first-order valence-corrected chi connectivity index (χ1v) is 6.83. The van der Waals surface area contributed by atoms with E-state index in [9.17, 15) is 10.0 Å². The lowest BCUT2D eigenvalue weighted by molar-refractivity contribution is -0.123. The van der Waals surface area contributed by atoms with Crippen molar-refractivity contribution in [3.05, 3.63) is 63.1 Å². The molecule has 0 bridgehead atoms. The maximum atomic E-state index is 12.2. The molecule has 5 heteroatoms. The van der Waals surface area contributed by atoms with Crippen LogP contribution in [0.4, 0.5) is 5.69 Å². The molecule has 0 aromatic heterocycles. The predicted molar refractivity (Wildman–Crippen MR) is 76.7 cm³/mol. The van der Waals surface area contributed by atoms with Crippen LogP contribution in [0.3, 0.4) is 0 Å². The lowest BCUT2D eigenvalue weighted by atomic mass is 9.93. The molecule has 0 saturated carbocycles. The van der Waals surface area contributed by atoms with E-state index in [0.717, 1.165) is 10.0 Å². The molecule has 0 saturated heterocycles. The third kappa shape index (κ3) is 1.96. The number of carbonyl (C=O) groups is 1. The molecule has 0 fully saturated rings. The molecular formula is C14H9BrClNO2. The Balaban J connectivity index is 2.18. The summed E-state index contributed by atoms with van der Waals surface area (Å²) < 4.78 is 0.848. The number of amides is 1. The Hall–Kier alpha value is -1.36. The van der Waals surface area contributed by atoms with Gasteiger partial charge in [0.1, 0.15) is 0 Å². The fourth-order valence-electron chi connectivity index (χ4n) is 2.33. The highest BCUT2D eigenvalue weighted by atomic mass is 79.9. The van der Waals surface area contributed by atoms with E-state index in [-0.39, 0.29) is 5.91 Å². The summed E-state index contributed by atoms with van der Waals surface area (Å²) >= 11 is 9.54. The Labute approximate surface area is 123 Å². The van der Waals surface area contributed by atoms with Crippen LogP contribution in [-0.2, 0) is 4.79 Å². The Bertz CT molecular complexity index is 674. The van der Waals surface area contributed by atoms with E-state index in [1.807, 2.05) is 18.2 Å². The number of hydrogen-bond donors (Lipinski definition) is 1. The average Bonchev–Trinajstić information content (AvgIpc) is 2.64. The molecular weight excluding hydrogens is 330 g/mol. The maximum Gasteiger partial charge on any atom is 0.262 e. The van der Waals surface area contributed by atoms with E-state index < -0.39 is 5.92 Å². The standard InChI is InChI=1S/C14H9BrClNO2/c15-8-5-6-9(11(16)7-8)13-10-3-1-2-4-12(10)17(19)14(13)18/h1-7,13,19H. The first kappa shape index (κ1) is 12.7. The van der Waals surface area contributed by atoms with Crippen molar-refractivity contribution in [3.63, 3.8) is 0 Å². The van der Waals surface area contributed by atoms with Crippen LogP contribution in [-0.4, -0.2) is 11.1 Å². The van der Waals surface area contributed by atoms with Gasteiger partial charge in [-0.15, -0.1) is 0 Å². The molecule has 19 heavy (non-hydrogen) atoms. The van der Waals surface area contributed by atoms with E-state index in [1.165, 1.54) is 0 Å². The number of benzene rings is 2. The average molecular weight is 339 g/mol. The van der Waals surface area contributed by atoms with Gasteiger partial charge in [0.05, 0.1) is 11.6 Å². The highest BCUT2D eigenvalue weighted by Gasteiger charge is 2.38. The van der Waals surface area contributed by atoms with Crippen LogP contribution < -0.4 is 5.06 Å².